The summed E-state index contributed by atoms with van der Waals surface area (Å²) in [4.78, 5) is 11.9. The molecule has 0 heterocycles. The first kappa shape index (κ1) is 14.2. The lowest BCUT2D eigenvalue weighted by atomic mass is 9.84. The Morgan fingerprint density at radius 1 is 0.952 bits per heavy atom. The molecule has 3 nitrogen and oxygen atoms in total. The molecular formula is C18H24N2O. The number of benzene rings is 1. The maximum atomic E-state index is 11.9. The smallest absolute Gasteiger partial charge is 0.319 e. The van der Waals surface area contributed by atoms with Crippen molar-refractivity contribution in [2.45, 2.75) is 56.9 Å². The first-order valence-electron chi connectivity index (χ1n) is 8.14. The van der Waals surface area contributed by atoms with E-state index in [0.29, 0.717) is 5.92 Å². The van der Waals surface area contributed by atoms with E-state index in [1.54, 1.807) is 0 Å². The zero-order chi connectivity index (χ0) is 14.5. The molecule has 1 saturated carbocycles. The zero-order valence-electron chi connectivity index (χ0n) is 12.5. The average Bonchev–Trinajstić information content (AvgIpc) is 3.02. The number of hydrogen-bond acceptors (Lipinski definition) is 1. The highest BCUT2D eigenvalue weighted by atomic mass is 16.2. The van der Waals surface area contributed by atoms with Crippen LogP contribution in [0, 0.1) is 0 Å². The number of carbonyl (C=O) groups is 1. The van der Waals surface area contributed by atoms with Crippen LogP contribution in [0.5, 0.6) is 0 Å². The van der Waals surface area contributed by atoms with Crippen molar-refractivity contribution in [1.82, 2.24) is 5.32 Å². The van der Waals surface area contributed by atoms with Gasteiger partial charge in [0.2, 0.25) is 0 Å². The Bertz CT molecular complexity index is 492. The molecule has 0 atom stereocenters. The molecule has 2 amide bonds. The molecule has 2 N–H and O–H groups in total. The van der Waals surface area contributed by atoms with E-state index >= 15 is 0 Å². The summed E-state index contributed by atoms with van der Waals surface area (Å²) in [6.45, 7) is 0. The van der Waals surface area contributed by atoms with Gasteiger partial charge in [0, 0.05) is 11.7 Å². The quantitative estimate of drug-likeness (QED) is 0.784. The van der Waals surface area contributed by atoms with E-state index in [1.165, 1.54) is 37.7 Å². The molecule has 0 spiro atoms. The Morgan fingerprint density at radius 3 is 2.29 bits per heavy atom. The first-order valence-corrected chi connectivity index (χ1v) is 8.14. The molecular weight excluding hydrogens is 260 g/mol. The largest absolute Gasteiger partial charge is 0.335 e. The Labute approximate surface area is 126 Å². The van der Waals surface area contributed by atoms with Crippen LogP contribution in [0.25, 0.3) is 0 Å². The standard InChI is InChI=1S/C18H24N2O/c21-18(19-16-8-4-5-9-16)20-17-12-10-15(11-13-17)14-6-2-1-3-7-14/h4-5,10-14,16H,1-3,6-9H2,(H2,19,20,21). The summed E-state index contributed by atoms with van der Waals surface area (Å²) in [6.07, 6.45) is 12.8. The highest BCUT2D eigenvalue weighted by molar-refractivity contribution is 5.89. The van der Waals surface area contributed by atoms with E-state index in [4.69, 9.17) is 0 Å². The Morgan fingerprint density at radius 2 is 1.62 bits per heavy atom. The number of hydrogen-bond donors (Lipinski definition) is 2. The van der Waals surface area contributed by atoms with Gasteiger partial charge in [-0.1, -0.05) is 43.5 Å². The number of amides is 2. The van der Waals surface area contributed by atoms with Gasteiger partial charge in [0.15, 0.2) is 0 Å². The molecule has 2 aliphatic rings. The van der Waals surface area contributed by atoms with Crippen LogP contribution >= 0.6 is 0 Å². The van der Waals surface area contributed by atoms with Gasteiger partial charge < -0.3 is 10.6 Å². The van der Waals surface area contributed by atoms with Gasteiger partial charge in [0.05, 0.1) is 0 Å². The van der Waals surface area contributed by atoms with E-state index in [2.05, 4.69) is 34.9 Å². The van der Waals surface area contributed by atoms with E-state index < -0.39 is 0 Å². The van der Waals surface area contributed by atoms with Gasteiger partial charge in [-0.15, -0.1) is 0 Å². The summed E-state index contributed by atoms with van der Waals surface area (Å²) < 4.78 is 0. The fourth-order valence-electron chi connectivity index (χ4n) is 3.36. The maximum absolute atomic E-state index is 11.9. The van der Waals surface area contributed by atoms with Gasteiger partial charge in [-0.05, 0) is 49.3 Å². The highest BCUT2D eigenvalue weighted by Gasteiger charge is 2.16. The lowest BCUT2D eigenvalue weighted by Gasteiger charge is -2.22. The second kappa shape index (κ2) is 6.79. The molecule has 0 bridgehead atoms. The molecule has 0 radical (unpaired) electrons. The van der Waals surface area contributed by atoms with Crippen molar-refractivity contribution < 1.29 is 4.79 Å². The predicted octanol–water partition coefficient (Wildman–Crippen LogP) is 4.57. The van der Waals surface area contributed by atoms with Crippen LogP contribution in [0.3, 0.4) is 0 Å². The van der Waals surface area contributed by atoms with Crippen LogP contribution in [-0.2, 0) is 0 Å². The van der Waals surface area contributed by atoms with E-state index in [1.807, 2.05) is 12.1 Å². The molecule has 112 valence electrons. The lowest BCUT2D eigenvalue weighted by Crippen LogP contribution is -2.36. The van der Waals surface area contributed by atoms with E-state index in [9.17, 15) is 4.79 Å². The van der Waals surface area contributed by atoms with Crippen molar-refractivity contribution in [3.05, 3.63) is 42.0 Å². The maximum Gasteiger partial charge on any atom is 0.319 e. The van der Waals surface area contributed by atoms with E-state index in [0.717, 1.165) is 18.5 Å². The lowest BCUT2D eigenvalue weighted by molar-refractivity contribution is 0.249. The Kier molecular flexibility index (Phi) is 4.59. The molecule has 1 aromatic carbocycles. The third-order valence-corrected chi connectivity index (χ3v) is 4.59. The summed E-state index contributed by atoms with van der Waals surface area (Å²) in [6, 6.07) is 8.54. The average molecular weight is 284 g/mol. The highest BCUT2D eigenvalue weighted by Crippen LogP contribution is 2.32. The van der Waals surface area contributed by atoms with Crippen LogP contribution in [0.1, 0.15) is 56.4 Å². The number of nitrogens with one attached hydrogen (secondary N) is 2. The van der Waals surface area contributed by atoms with Crippen molar-refractivity contribution in [1.29, 1.82) is 0 Å². The van der Waals surface area contributed by atoms with Crippen LogP contribution in [0.15, 0.2) is 36.4 Å². The number of anilines is 1. The van der Waals surface area contributed by atoms with Gasteiger partial charge in [-0.25, -0.2) is 4.79 Å². The van der Waals surface area contributed by atoms with Crippen molar-refractivity contribution in [2.75, 3.05) is 5.32 Å². The Hall–Kier alpha value is -1.77. The summed E-state index contributed by atoms with van der Waals surface area (Å²) in [5.41, 5.74) is 2.29. The van der Waals surface area contributed by atoms with Crippen LogP contribution in [-0.4, -0.2) is 12.1 Å². The van der Waals surface area contributed by atoms with Gasteiger partial charge in [-0.3, -0.25) is 0 Å². The van der Waals surface area contributed by atoms with Gasteiger partial charge >= 0.3 is 6.03 Å². The van der Waals surface area contributed by atoms with Crippen molar-refractivity contribution in [3.63, 3.8) is 0 Å². The summed E-state index contributed by atoms with van der Waals surface area (Å²) in [5.74, 6) is 0.714. The number of rotatable bonds is 3. The summed E-state index contributed by atoms with van der Waals surface area (Å²) >= 11 is 0. The van der Waals surface area contributed by atoms with E-state index in [-0.39, 0.29) is 12.1 Å². The number of carbonyl (C=O) groups excluding carboxylic acids is 1. The molecule has 1 fully saturated rings. The van der Waals surface area contributed by atoms with Crippen LogP contribution < -0.4 is 10.6 Å². The molecule has 21 heavy (non-hydrogen) atoms. The van der Waals surface area contributed by atoms with Gasteiger partial charge in [0.1, 0.15) is 0 Å². The van der Waals surface area contributed by atoms with Gasteiger partial charge in [0.25, 0.3) is 0 Å². The third kappa shape index (κ3) is 3.87. The van der Waals surface area contributed by atoms with Crippen molar-refractivity contribution in [3.8, 4) is 0 Å². The molecule has 0 unspecified atom stereocenters. The van der Waals surface area contributed by atoms with Crippen LogP contribution in [0.2, 0.25) is 0 Å². The fourth-order valence-corrected chi connectivity index (χ4v) is 3.36. The number of urea groups is 1. The third-order valence-electron chi connectivity index (χ3n) is 4.59. The summed E-state index contributed by atoms with van der Waals surface area (Å²) in [5, 5.41) is 5.91. The summed E-state index contributed by atoms with van der Waals surface area (Å²) in [7, 11) is 0. The predicted molar refractivity (Wildman–Crippen MR) is 86.6 cm³/mol. The van der Waals surface area contributed by atoms with Crippen molar-refractivity contribution >= 4 is 11.7 Å². The fraction of sp³-hybridized carbons (Fsp3) is 0.500. The van der Waals surface area contributed by atoms with Crippen LogP contribution in [0.4, 0.5) is 10.5 Å². The second-order valence-corrected chi connectivity index (χ2v) is 6.20. The second-order valence-electron chi connectivity index (χ2n) is 6.20. The zero-order valence-corrected chi connectivity index (χ0v) is 12.5. The normalized spacial score (nSPS) is 19.6. The minimum atomic E-state index is -0.103. The monoisotopic (exact) mass is 284 g/mol. The molecule has 0 aromatic heterocycles. The molecule has 3 rings (SSSR count). The molecule has 3 heteroatoms. The minimum absolute atomic E-state index is 0.103. The Balaban J connectivity index is 1.52. The topological polar surface area (TPSA) is 41.1 Å². The van der Waals surface area contributed by atoms with Gasteiger partial charge in [-0.2, -0.15) is 0 Å². The molecule has 1 aromatic rings. The SMILES string of the molecule is O=C(Nc1ccc(C2CCCCC2)cc1)NC1CC=CC1. The molecule has 0 aliphatic heterocycles. The first-order chi connectivity index (χ1) is 10.3. The minimum Gasteiger partial charge on any atom is -0.335 e. The molecule has 0 saturated heterocycles. The molecule has 2 aliphatic carbocycles. The van der Waals surface area contributed by atoms with Crippen molar-refractivity contribution in [2.24, 2.45) is 0 Å².